The van der Waals surface area contributed by atoms with Crippen LogP contribution in [0.15, 0.2) is 0 Å². The molecule has 7 heteroatoms. The number of rotatable bonds is 7. The summed E-state index contributed by atoms with van der Waals surface area (Å²) in [7, 11) is -3.35. The lowest BCUT2D eigenvalue weighted by Crippen LogP contribution is -2.49. The van der Waals surface area contributed by atoms with Gasteiger partial charge in [0.2, 0.25) is 5.91 Å². The molecule has 0 aromatic carbocycles. The molecule has 2 fully saturated rings. The fourth-order valence-electron chi connectivity index (χ4n) is 3.52. The van der Waals surface area contributed by atoms with Crippen molar-refractivity contribution >= 4 is 16.1 Å². The largest absolute Gasteiger partial charge is 0.356 e. The molecule has 6 nitrogen and oxygen atoms in total. The lowest BCUT2D eigenvalue weighted by molar-refractivity contribution is -0.126. The second kappa shape index (κ2) is 9.73. The van der Waals surface area contributed by atoms with E-state index in [0.29, 0.717) is 39.0 Å². The zero-order chi connectivity index (χ0) is 17.4. The summed E-state index contributed by atoms with van der Waals surface area (Å²) in [5.74, 6) is 0.0557. The van der Waals surface area contributed by atoms with Crippen LogP contribution in [0.5, 0.6) is 0 Å². The van der Waals surface area contributed by atoms with Gasteiger partial charge in [-0.05, 0) is 32.1 Å². The minimum Gasteiger partial charge on any atom is -0.356 e. The highest BCUT2D eigenvalue weighted by atomic mass is 32.2. The molecule has 0 radical (unpaired) electrons. The van der Waals surface area contributed by atoms with E-state index in [0.717, 1.165) is 51.5 Å². The van der Waals surface area contributed by atoms with Gasteiger partial charge in [0.25, 0.3) is 10.2 Å². The van der Waals surface area contributed by atoms with Gasteiger partial charge in [0.1, 0.15) is 0 Å². The molecule has 24 heavy (non-hydrogen) atoms. The lowest BCUT2D eigenvalue weighted by atomic mass is 9.97. The van der Waals surface area contributed by atoms with E-state index in [4.69, 9.17) is 0 Å². The number of nitrogens with one attached hydrogen (secondary N) is 1. The second-order valence-corrected chi connectivity index (χ2v) is 8.92. The zero-order valence-electron chi connectivity index (χ0n) is 15.0. The van der Waals surface area contributed by atoms with Crippen molar-refractivity contribution < 1.29 is 13.2 Å². The molecule has 1 amide bonds. The van der Waals surface area contributed by atoms with Crippen molar-refractivity contribution in [2.45, 2.75) is 64.7 Å². The van der Waals surface area contributed by atoms with Gasteiger partial charge < -0.3 is 5.32 Å². The molecular weight excluding hydrogens is 326 g/mol. The molecule has 0 aliphatic carbocycles. The van der Waals surface area contributed by atoms with Crippen LogP contribution >= 0.6 is 0 Å². The van der Waals surface area contributed by atoms with E-state index in [9.17, 15) is 13.2 Å². The topological polar surface area (TPSA) is 69.7 Å². The number of amides is 1. The van der Waals surface area contributed by atoms with Gasteiger partial charge in [-0.3, -0.25) is 4.79 Å². The Morgan fingerprint density at radius 3 is 2.12 bits per heavy atom. The Labute approximate surface area is 147 Å². The molecule has 2 aliphatic rings. The standard InChI is InChI=1S/C17H33N3O3S/c1-2-3-6-11-18-17(21)16-9-14-20(15-10-16)24(22,23)19-12-7-4-5-8-13-19/h16H,2-15H2,1H3,(H,18,21). The molecule has 2 aliphatic heterocycles. The summed E-state index contributed by atoms with van der Waals surface area (Å²) in [6.07, 6.45) is 8.70. The van der Waals surface area contributed by atoms with E-state index < -0.39 is 10.2 Å². The summed E-state index contributed by atoms with van der Waals surface area (Å²) < 4.78 is 28.8. The molecule has 2 saturated heterocycles. The molecular formula is C17H33N3O3S. The number of hydrogen-bond donors (Lipinski definition) is 1. The first-order chi connectivity index (χ1) is 11.6. The number of carbonyl (C=O) groups is 1. The SMILES string of the molecule is CCCCCNC(=O)C1CCN(S(=O)(=O)N2CCCCCC2)CC1. The lowest BCUT2D eigenvalue weighted by Gasteiger charge is -2.34. The van der Waals surface area contributed by atoms with Gasteiger partial charge >= 0.3 is 0 Å². The van der Waals surface area contributed by atoms with Crippen LogP contribution in [0.3, 0.4) is 0 Å². The molecule has 0 bridgehead atoms. The first kappa shape index (κ1) is 19.7. The van der Waals surface area contributed by atoms with Crippen molar-refractivity contribution in [3.8, 4) is 0 Å². The number of piperidine rings is 1. The first-order valence-electron chi connectivity index (χ1n) is 9.58. The normalized spacial score (nSPS) is 22.2. The number of carbonyl (C=O) groups excluding carboxylic acids is 1. The Kier molecular flexibility index (Phi) is 7.97. The van der Waals surface area contributed by atoms with E-state index in [1.165, 1.54) is 0 Å². The van der Waals surface area contributed by atoms with Gasteiger partial charge in [0.15, 0.2) is 0 Å². The van der Waals surface area contributed by atoms with Crippen molar-refractivity contribution in [3.63, 3.8) is 0 Å². The van der Waals surface area contributed by atoms with Crippen LogP contribution < -0.4 is 5.32 Å². The maximum Gasteiger partial charge on any atom is 0.281 e. The highest BCUT2D eigenvalue weighted by molar-refractivity contribution is 7.86. The van der Waals surface area contributed by atoms with Gasteiger partial charge in [0, 0.05) is 38.6 Å². The Hall–Kier alpha value is -0.660. The summed E-state index contributed by atoms with van der Waals surface area (Å²) >= 11 is 0. The quantitative estimate of drug-likeness (QED) is 0.708. The van der Waals surface area contributed by atoms with E-state index >= 15 is 0 Å². The Balaban J connectivity index is 1.79. The molecule has 2 heterocycles. The minimum atomic E-state index is -3.35. The fraction of sp³-hybridized carbons (Fsp3) is 0.941. The van der Waals surface area contributed by atoms with Crippen molar-refractivity contribution in [2.24, 2.45) is 5.92 Å². The highest BCUT2D eigenvalue weighted by Crippen LogP contribution is 2.23. The maximum atomic E-state index is 12.8. The number of nitrogens with zero attached hydrogens (tertiary/aromatic N) is 2. The summed E-state index contributed by atoms with van der Waals surface area (Å²) in [5, 5.41) is 3.00. The summed E-state index contributed by atoms with van der Waals surface area (Å²) in [5.41, 5.74) is 0. The molecule has 0 aromatic heterocycles. The Morgan fingerprint density at radius 1 is 0.958 bits per heavy atom. The maximum absolute atomic E-state index is 12.8. The van der Waals surface area contributed by atoms with Crippen LogP contribution in [-0.4, -0.2) is 55.7 Å². The number of hydrogen-bond acceptors (Lipinski definition) is 3. The first-order valence-corrected chi connectivity index (χ1v) is 11.0. The van der Waals surface area contributed by atoms with Gasteiger partial charge in [-0.25, -0.2) is 0 Å². The van der Waals surface area contributed by atoms with Crippen molar-refractivity contribution in [3.05, 3.63) is 0 Å². The molecule has 2 rings (SSSR count). The average molecular weight is 360 g/mol. The highest BCUT2D eigenvalue weighted by Gasteiger charge is 2.34. The molecule has 0 aromatic rings. The Bertz CT molecular complexity index is 479. The molecule has 0 saturated carbocycles. The summed E-state index contributed by atoms with van der Waals surface area (Å²) in [6, 6.07) is 0. The minimum absolute atomic E-state index is 0.0396. The van der Waals surface area contributed by atoms with Crippen LogP contribution in [0.4, 0.5) is 0 Å². The van der Waals surface area contributed by atoms with Crippen LogP contribution in [0, 0.1) is 5.92 Å². The number of unbranched alkanes of at least 4 members (excludes halogenated alkanes) is 2. The summed E-state index contributed by atoms with van der Waals surface area (Å²) in [6.45, 7) is 5.08. The molecule has 1 N–H and O–H groups in total. The summed E-state index contributed by atoms with van der Waals surface area (Å²) in [4.78, 5) is 12.2. The van der Waals surface area contributed by atoms with Gasteiger partial charge in [-0.1, -0.05) is 32.6 Å². The molecule has 140 valence electrons. The van der Waals surface area contributed by atoms with E-state index in [2.05, 4.69) is 12.2 Å². The van der Waals surface area contributed by atoms with Gasteiger partial charge in [0.05, 0.1) is 0 Å². The van der Waals surface area contributed by atoms with Gasteiger partial charge in [-0.2, -0.15) is 17.0 Å². The van der Waals surface area contributed by atoms with E-state index in [1.54, 1.807) is 8.61 Å². The predicted molar refractivity (Wildman–Crippen MR) is 95.8 cm³/mol. The van der Waals surface area contributed by atoms with Crippen LogP contribution in [0.25, 0.3) is 0 Å². The zero-order valence-corrected chi connectivity index (χ0v) is 15.8. The van der Waals surface area contributed by atoms with E-state index in [1.807, 2.05) is 0 Å². The van der Waals surface area contributed by atoms with E-state index in [-0.39, 0.29) is 11.8 Å². The van der Waals surface area contributed by atoms with Crippen LogP contribution in [0.1, 0.15) is 64.7 Å². The van der Waals surface area contributed by atoms with Crippen molar-refractivity contribution in [2.75, 3.05) is 32.7 Å². The third-order valence-electron chi connectivity index (χ3n) is 5.12. The smallest absolute Gasteiger partial charge is 0.281 e. The van der Waals surface area contributed by atoms with Gasteiger partial charge in [-0.15, -0.1) is 0 Å². The fourth-order valence-corrected chi connectivity index (χ4v) is 5.23. The third-order valence-corrected chi connectivity index (χ3v) is 7.16. The molecule has 0 unspecified atom stereocenters. The van der Waals surface area contributed by atoms with Crippen LogP contribution in [0.2, 0.25) is 0 Å². The van der Waals surface area contributed by atoms with Crippen molar-refractivity contribution in [1.82, 2.24) is 13.9 Å². The monoisotopic (exact) mass is 359 g/mol. The predicted octanol–water partition coefficient (Wildman–Crippen LogP) is 2.13. The second-order valence-electron chi connectivity index (χ2n) is 6.99. The molecule has 0 spiro atoms. The molecule has 0 atom stereocenters. The third kappa shape index (κ3) is 5.43. The van der Waals surface area contributed by atoms with Crippen LogP contribution in [-0.2, 0) is 15.0 Å². The van der Waals surface area contributed by atoms with Crippen molar-refractivity contribution in [1.29, 1.82) is 0 Å². The average Bonchev–Trinajstić information content (AvgIpc) is 2.88. The Morgan fingerprint density at radius 2 is 1.54 bits per heavy atom.